The van der Waals surface area contributed by atoms with E-state index in [2.05, 4.69) is 21.2 Å². The van der Waals surface area contributed by atoms with Crippen LogP contribution in [-0.2, 0) is 0 Å². The van der Waals surface area contributed by atoms with Crippen molar-refractivity contribution in [1.82, 2.24) is 5.32 Å². The van der Waals surface area contributed by atoms with Gasteiger partial charge in [-0.25, -0.2) is 0 Å². The van der Waals surface area contributed by atoms with E-state index < -0.39 is 0 Å². The summed E-state index contributed by atoms with van der Waals surface area (Å²) in [4.78, 5) is 12.0. The summed E-state index contributed by atoms with van der Waals surface area (Å²) in [7, 11) is 0. The smallest absolute Gasteiger partial charge is 0.251 e. The highest BCUT2D eigenvalue weighted by Crippen LogP contribution is 2.28. The van der Waals surface area contributed by atoms with Gasteiger partial charge in [-0.2, -0.15) is 0 Å². The largest absolute Gasteiger partial charge is 0.490 e. The molecule has 0 aliphatic carbocycles. The maximum absolute atomic E-state index is 12.0. The number of ether oxygens (including phenoxy) is 2. The van der Waals surface area contributed by atoms with Crippen molar-refractivity contribution < 1.29 is 14.3 Å². The van der Waals surface area contributed by atoms with Gasteiger partial charge in [-0.05, 0) is 39.0 Å². The molecular weight excluding hydrogens is 310 g/mol. The molecule has 1 amide bonds. The highest BCUT2D eigenvalue weighted by Gasteiger charge is 2.13. The zero-order valence-corrected chi connectivity index (χ0v) is 13.1. The van der Waals surface area contributed by atoms with E-state index in [4.69, 9.17) is 9.47 Å². The highest BCUT2D eigenvalue weighted by molar-refractivity contribution is 9.09. The fourth-order valence-electron chi connectivity index (χ4n) is 1.54. The molecule has 0 heterocycles. The summed E-state index contributed by atoms with van der Waals surface area (Å²) >= 11 is 3.33. The van der Waals surface area contributed by atoms with Crippen molar-refractivity contribution in [2.24, 2.45) is 0 Å². The Hall–Kier alpha value is -1.23. The van der Waals surface area contributed by atoms with E-state index in [0.717, 1.165) is 0 Å². The van der Waals surface area contributed by atoms with Gasteiger partial charge in [0.1, 0.15) is 0 Å². The number of amides is 1. The number of benzene rings is 1. The molecule has 0 saturated heterocycles. The lowest BCUT2D eigenvalue weighted by Crippen LogP contribution is -2.33. The van der Waals surface area contributed by atoms with E-state index in [0.29, 0.717) is 35.6 Å². The van der Waals surface area contributed by atoms with Crippen molar-refractivity contribution in [2.45, 2.75) is 26.8 Å². The van der Waals surface area contributed by atoms with Gasteiger partial charge in [0, 0.05) is 16.9 Å². The van der Waals surface area contributed by atoms with Crippen LogP contribution in [0.25, 0.3) is 0 Å². The van der Waals surface area contributed by atoms with Gasteiger partial charge in [0.15, 0.2) is 11.5 Å². The van der Waals surface area contributed by atoms with Crippen LogP contribution in [0.15, 0.2) is 18.2 Å². The summed E-state index contributed by atoms with van der Waals surface area (Å²) < 4.78 is 11.0. The van der Waals surface area contributed by atoms with E-state index in [1.165, 1.54) is 0 Å². The fraction of sp³-hybridized carbons (Fsp3) is 0.500. The van der Waals surface area contributed by atoms with Crippen LogP contribution in [-0.4, -0.2) is 30.5 Å². The predicted molar refractivity (Wildman–Crippen MR) is 79.5 cm³/mol. The normalized spacial score (nSPS) is 11.8. The second-order valence-electron chi connectivity index (χ2n) is 4.06. The third-order valence-electron chi connectivity index (χ3n) is 2.41. The molecule has 1 unspecified atom stereocenters. The van der Waals surface area contributed by atoms with Gasteiger partial charge in [-0.3, -0.25) is 4.79 Å². The fourth-order valence-corrected chi connectivity index (χ4v) is 1.70. The van der Waals surface area contributed by atoms with Crippen molar-refractivity contribution in [1.29, 1.82) is 0 Å². The van der Waals surface area contributed by atoms with Gasteiger partial charge in [0.25, 0.3) is 5.91 Å². The molecule has 0 aromatic heterocycles. The van der Waals surface area contributed by atoms with E-state index in [9.17, 15) is 4.79 Å². The molecule has 1 N–H and O–H groups in total. The molecule has 1 rings (SSSR count). The predicted octanol–water partition coefficient (Wildman–Crippen LogP) is 3.00. The molecule has 0 radical (unpaired) electrons. The molecule has 0 aliphatic rings. The molecule has 0 bridgehead atoms. The first-order valence-electron chi connectivity index (χ1n) is 6.38. The number of hydrogen-bond donors (Lipinski definition) is 1. The first-order chi connectivity index (χ1) is 9.12. The molecular formula is C14H20BrNO3. The number of halogens is 1. The Bertz CT molecular complexity index is 423. The summed E-state index contributed by atoms with van der Waals surface area (Å²) in [6.07, 6.45) is 0. The van der Waals surface area contributed by atoms with Crippen molar-refractivity contribution in [3.05, 3.63) is 23.8 Å². The number of nitrogens with one attached hydrogen (secondary N) is 1. The van der Waals surface area contributed by atoms with Crippen LogP contribution < -0.4 is 14.8 Å². The lowest BCUT2D eigenvalue weighted by molar-refractivity contribution is 0.0943. The number of hydrogen-bond acceptors (Lipinski definition) is 3. The molecule has 0 aliphatic heterocycles. The molecule has 5 heteroatoms. The minimum Gasteiger partial charge on any atom is -0.490 e. The van der Waals surface area contributed by atoms with E-state index in [-0.39, 0.29) is 11.9 Å². The summed E-state index contributed by atoms with van der Waals surface area (Å²) in [5, 5.41) is 3.60. The summed E-state index contributed by atoms with van der Waals surface area (Å²) in [5.41, 5.74) is 0.569. The van der Waals surface area contributed by atoms with Gasteiger partial charge in [-0.1, -0.05) is 15.9 Å². The van der Waals surface area contributed by atoms with Crippen LogP contribution in [0.2, 0.25) is 0 Å². The van der Waals surface area contributed by atoms with Crippen molar-refractivity contribution in [3.63, 3.8) is 0 Å². The second-order valence-corrected chi connectivity index (χ2v) is 4.70. The number of alkyl halides is 1. The lowest BCUT2D eigenvalue weighted by atomic mass is 10.1. The van der Waals surface area contributed by atoms with Gasteiger partial charge in [0.2, 0.25) is 0 Å². The molecule has 106 valence electrons. The standard InChI is InChI=1S/C14H20BrNO3/c1-4-18-12-7-6-11(8-13(12)19-5-2)14(17)16-10(3)9-15/h6-8,10H,4-5,9H2,1-3H3,(H,16,17). The lowest BCUT2D eigenvalue weighted by Gasteiger charge is -2.14. The topological polar surface area (TPSA) is 47.6 Å². The first kappa shape index (κ1) is 15.8. The molecule has 19 heavy (non-hydrogen) atoms. The van der Waals surface area contributed by atoms with Crippen LogP contribution in [0.3, 0.4) is 0 Å². The Kier molecular flexibility index (Phi) is 6.70. The van der Waals surface area contributed by atoms with Gasteiger partial charge >= 0.3 is 0 Å². The highest BCUT2D eigenvalue weighted by atomic mass is 79.9. The monoisotopic (exact) mass is 329 g/mol. The summed E-state index contributed by atoms with van der Waals surface area (Å²) in [6.45, 7) is 6.84. The minimum absolute atomic E-state index is 0.0783. The molecule has 0 spiro atoms. The summed E-state index contributed by atoms with van der Waals surface area (Å²) in [5.74, 6) is 1.15. The molecule has 1 atom stereocenters. The Morgan fingerprint density at radius 3 is 2.47 bits per heavy atom. The Morgan fingerprint density at radius 1 is 1.26 bits per heavy atom. The molecule has 0 saturated carbocycles. The maximum Gasteiger partial charge on any atom is 0.251 e. The number of carbonyl (C=O) groups excluding carboxylic acids is 1. The van der Waals surface area contributed by atoms with Crippen molar-refractivity contribution >= 4 is 21.8 Å². The van der Waals surface area contributed by atoms with Gasteiger partial charge in [-0.15, -0.1) is 0 Å². The third kappa shape index (κ3) is 4.74. The minimum atomic E-state index is -0.115. The first-order valence-corrected chi connectivity index (χ1v) is 7.50. The average molecular weight is 330 g/mol. The number of carbonyl (C=O) groups is 1. The molecule has 1 aromatic carbocycles. The van der Waals surface area contributed by atoms with E-state index >= 15 is 0 Å². The quantitative estimate of drug-likeness (QED) is 0.782. The van der Waals surface area contributed by atoms with Gasteiger partial charge in [0.05, 0.1) is 13.2 Å². The molecule has 4 nitrogen and oxygen atoms in total. The van der Waals surface area contributed by atoms with Crippen LogP contribution >= 0.6 is 15.9 Å². The third-order valence-corrected chi connectivity index (χ3v) is 3.39. The van der Waals surface area contributed by atoms with Crippen molar-refractivity contribution in [2.75, 3.05) is 18.5 Å². The van der Waals surface area contributed by atoms with E-state index in [1.807, 2.05) is 20.8 Å². The van der Waals surface area contributed by atoms with Crippen molar-refractivity contribution in [3.8, 4) is 11.5 Å². The number of rotatable bonds is 7. The Balaban J connectivity index is 2.90. The van der Waals surface area contributed by atoms with Crippen LogP contribution in [0.5, 0.6) is 11.5 Å². The van der Waals surface area contributed by atoms with E-state index in [1.54, 1.807) is 18.2 Å². The second kappa shape index (κ2) is 8.04. The molecule has 0 fully saturated rings. The Morgan fingerprint density at radius 2 is 1.89 bits per heavy atom. The molecule has 1 aromatic rings. The summed E-state index contributed by atoms with van der Waals surface area (Å²) in [6, 6.07) is 5.30. The SMILES string of the molecule is CCOc1ccc(C(=O)NC(C)CBr)cc1OCC. The van der Waals surface area contributed by atoms with Gasteiger partial charge < -0.3 is 14.8 Å². The van der Waals surface area contributed by atoms with Crippen LogP contribution in [0, 0.1) is 0 Å². The zero-order valence-electron chi connectivity index (χ0n) is 11.5. The Labute approximate surface area is 122 Å². The zero-order chi connectivity index (χ0) is 14.3. The van der Waals surface area contributed by atoms with Crippen LogP contribution in [0.4, 0.5) is 0 Å². The van der Waals surface area contributed by atoms with Crippen LogP contribution in [0.1, 0.15) is 31.1 Å². The average Bonchev–Trinajstić information content (AvgIpc) is 2.41. The maximum atomic E-state index is 12.0.